The molecule has 0 saturated carbocycles. The molecule has 3 atom stereocenters. The molecule has 2 aliphatic rings. The zero-order valence-electron chi connectivity index (χ0n) is 21.3. The van der Waals surface area contributed by atoms with Gasteiger partial charge in [0, 0.05) is 42.9 Å². The van der Waals surface area contributed by atoms with Crippen molar-refractivity contribution in [3.05, 3.63) is 57.6 Å². The Bertz CT molecular complexity index is 1340. The maximum absolute atomic E-state index is 13.7. The van der Waals surface area contributed by atoms with Crippen LogP contribution in [-0.2, 0) is 6.42 Å². The summed E-state index contributed by atoms with van der Waals surface area (Å²) >= 11 is 0. The molecule has 2 aliphatic heterocycles. The molecule has 1 unspecified atom stereocenters. The molecule has 0 aliphatic carbocycles. The second kappa shape index (κ2) is 10.6. The number of benzene rings is 2. The minimum Gasteiger partial charge on any atom is -0.496 e. The Morgan fingerprint density at radius 2 is 1.97 bits per heavy atom. The van der Waals surface area contributed by atoms with Crippen molar-refractivity contribution in [2.24, 2.45) is 0 Å². The summed E-state index contributed by atoms with van der Waals surface area (Å²) in [5.41, 5.74) is 2.78. The van der Waals surface area contributed by atoms with E-state index in [1.165, 1.54) is 12.0 Å². The number of methoxy groups -OCH3 is 1. The van der Waals surface area contributed by atoms with Crippen LogP contribution in [0.1, 0.15) is 42.5 Å². The summed E-state index contributed by atoms with van der Waals surface area (Å²) in [6, 6.07) is 7.34. The van der Waals surface area contributed by atoms with E-state index < -0.39 is 30.6 Å². The number of oxazole rings is 1. The van der Waals surface area contributed by atoms with E-state index in [-0.39, 0.29) is 12.8 Å². The molecule has 206 valence electrons. The van der Waals surface area contributed by atoms with E-state index in [1.54, 1.807) is 37.3 Å². The molecular formula is C27H31F4N3O4. The van der Waals surface area contributed by atoms with Crippen LogP contribution in [0, 0.1) is 0 Å². The summed E-state index contributed by atoms with van der Waals surface area (Å²) in [6.45, 7) is 2.48. The highest BCUT2D eigenvalue weighted by Gasteiger charge is 2.42. The molecule has 1 N–H and O–H groups in total. The SMILES string of the molecule is COc1cc(OC2CCN(CCCF)C2)ccc1[C@@H]1c2ccc3[nH]c(=O)oc3c2C[C@@H](C)N1CC(F)(F)F. The zero-order valence-corrected chi connectivity index (χ0v) is 21.3. The third-order valence-electron chi connectivity index (χ3n) is 7.42. The number of aromatic nitrogens is 1. The van der Waals surface area contributed by atoms with E-state index in [0.717, 1.165) is 13.0 Å². The van der Waals surface area contributed by atoms with E-state index in [4.69, 9.17) is 13.9 Å². The first kappa shape index (κ1) is 26.6. The lowest BCUT2D eigenvalue weighted by Crippen LogP contribution is -2.47. The predicted molar refractivity (Wildman–Crippen MR) is 134 cm³/mol. The molecule has 1 aromatic heterocycles. The Kier molecular flexibility index (Phi) is 7.41. The standard InChI is InChI=1S/C27H31F4N3O4/c1-16-12-21-19(6-7-22-25(21)38-26(35)32-22)24(34(16)15-27(29,30)31)20-5-4-17(13-23(20)36-2)37-18-8-11-33(14-18)10-3-9-28/h4-7,13,16,18,24H,3,8-12,14-15H2,1-2H3,(H,32,35)/t16-,18?,24+/m1/s1. The van der Waals surface area contributed by atoms with Crippen molar-refractivity contribution in [1.29, 1.82) is 0 Å². The number of H-pyrrole nitrogens is 1. The zero-order chi connectivity index (χ0) is 27.0. The van der Waals surface area contributed by atoms with E-state index in [0.29, 0.717) is 65.2 Å². The first-order valence-corrected chi connectivity index (χ1v) is 12.8. The van der Waals surface area contributed by atoms with Gasteiger partial charge in [-0.3, -0.25) is 19.2 Å². The summed E-state index contributed by atoms with van der Waals surface area (Å²) in [5.74, 6) is 0.355. The quantitative estimate of drug-likeness (QED) is 0.415. The smallest absolute Gasteiger partial charge is 0.417 e. The monoisotopic (exact) mass is 537 g/mol. The molecule has 1 saturated heterocycles. The van der Waals surface area contributed by atoms with Gasteiger partial charge in [0.2, 0.25) is 0 Å². The molecule has 7 nitrogen and oxygen atoms in total. The Morgan fingerprint density at radius 1 is 1.18 bits per heavy atom. The average molecular weight is 538 g/mol. The van der Waals surface area contributed by atoms with Gasteiger partial charge < -0.3 is 13.9 Å². The number of likely N-dealkylation sites (tertiary alicyclic amines) is 1. The van der Waals surface area contributed by atoms with E-state index in [1.807, 2.05) is 0 Å². The van der Waals surface area contributed by atoms with Crippen molar-refractivity contribution >= 4 is 11.1 Å². The van der Waals surface area contributed by atoms with Gasteiger partial charge >= 0.3 is 11.9 Å². The summed E-state index contributed by atoms with van der Waals surface area (Å²) in [6.07, 6.45) is -2.89. The normalized spacial score (nSPS) is 22.6. The van der Waals surface area contributed by atoms with Crippen LogP contribution >= 0.6 is 0 Å². The highest BCUT2D eigenvalue weighted by molar-refractivity contribution is 5.78. The lowest BCUT2D eigenvalue weighted by molar-refractivity contribution is -0.155. The molecule has 2 aromatic carbocycles. The highest BCUT2D eigenvalue weighted by atomic mass is 19.4. The van der Waals surface area contributed by atoms with Crippen LogP contribution in [0.5, 0.6) is 11.5 Å². The van der Waals surface area contributed by atoms with Gasteiger partial charge in [0.1, 0.15) is 17.6 Å². The van der Waals surface area contributed by atoms with Gasteiger partial charge in [0.15, 0.2) is 5.58 Å². The number of aromatic amines is 1. The molecule has 5 rings (SSSR count). The van der Waals surface area contributed by atoms with Crippen LogP contribution < -0.4 is 15.2 Å². The number of fused-ring (bicyclic) bond motifs is 3. The Hall–Kier alpha value is -3.05. The fourth-order valence-electron chi connectivity index (χ4n) is 5.76. The summed E-state index contributed by atoms with van der Waals surface area (Å²) in [7, 11) is 1.48. The molecule has 3 heterocycles. The van der Waals surface area contributed by atoms with Gasteiger partial charge in [-0.1, -0.05) is 6.07 Å². The predicted octanol–water partition coefficient (Wildman–Crippen LogP) is 4.84. The van der Waals surface area contributed by atoms with Gasteiger partial charge in [-0.15, -0.1) is 0 Å². The van der Waals surface area contributed by atoms with Crippen LogP contribution in [-0.4, -0.2) is 73.1 Å². The minimum absolute atomic E-state index is 0.0629. The highest BCUT2D eigenvalue weighted by Crippen LogP contribution is 2.45. The Morgan fingerprint density at radius 3 is 2.71 bits per heavy atom. The summed E-state index contributed by atoms with van der Waals surface area (Å²) in [4.78, 5) is 18.1. The maximum atomic E-state index is 13.7. The van der Waals surface area contributed by atoms with Gasteiger partial charge in [-0.05, 0) is 49.9 Å². The van der Waals surface area contributed by atoms with E-state index in [2.05, 4.69) is 9.88 Å². The molecule has 3 aromatic rings. The number of hydrogen-bond acceptors (Lipinski definition) is 6. The second-order valence-electron chi connectivity index (χ2n) is 10.0. The Labute approximate surface area is 217 Å². The second-order valence-corrected chi connectivity index (χ2v) is 10.0. The topological polar surface area (TPSA) is 70.9 Å². The fraction of sp³-hybridized carbons (Fsp3) is 0.519. The Balaban J connectivity index is 1.51. The lowest BCUT2D eigenvalue weighted by atomic mass is 9.84. The number of nitrogens with zero attached hydrogens (tertiary/aromatic N) is 2. The first-order chi connectivity index (χ1) is 18.2. The van der Waals surface area contributed by atoms with Crippen LogP contribution in [0.15, 0.2) is 39.5 Å². The number of halogens is 4. The summed E-state index contributed by atoms with van der Waals surface area (Å²) in [5, 5.41) is 0. The van der Waals surface area contributed by atoms with Crippen molar-refractivity contribution in [3.63, 3.8) is 0 Å². The third kappa shape index (κ3) is 5.40. The van der Waals surface area contributed by atoms with Crippen molar-refractivity contribution in [2.75, 3.05) is 40.0 Å². The van der Waals surface area contributed by atoms with Gasteiger partial charge in [-0.25, -0.2) is 4.79 Å². The molecule has 1 fully saturated rings. The van der Waals surface area contributed by atoms with Gasteiger partial charge in [0.05, 0.1) is 31.9 Å². The lowest BCUT2D eigenvalue weighted by Gasteiger charge is -2.42. The third-order valence-corrected chi connectivity index (χ3v) is 7.42. The number of nitrogens with one attached hydrogen (secondary N) is 1. The van der Waals surface area contributed by atoms with Crippen molar-refractivity contribution in [1.82, 2.24) is 14.8 Å². The van der Waals surface area contributed by atoms with Crippen molar-refractivity contribution < 1.29 is 31.5 Å². The molecule has 11 heteroatoms. The molecule has 0 amide bonds. The van der Waals surface area contributed by atoms with Crippen LogP contribution in [0.4, 0.5) is 17.6 Å². The maximum Gasteiger partial charge on any atom is 0.417 e. The van der Waals surface area contributed by atoms with Crippen LogP contribution in [0.3, 0.4) is 0 Å². The average Bonchev–Trinajstić information content (AvgIpc) is 3.48. The molecule has 0 bridgehead atoms. The fourth-order valence-corrected chi connectivity index (χ4v) is 5.76. The number of rotatable bonds is 8. The van der Waals surface area contributed by atoms with Crippen molar-refractivity contribution in [2.45, 2.75) is 50.6 Å². The number of alkyl halides is 4. The van der Waals surface area contributed by atoms with E-state index in [9.17, 15) is 22.4 Å². The first-order valence-electron chi connectivity index (χ1n) is 12.8. The van der Waals surface area contributed by atoms with Gasteiger partial charge in [-0.2, -0.15) is 13.2 Å². The molecular weight excluding hydrogens is 506 g/mol. The number of ether oxygens (including phenoxy) is 2. The summed E-state index contributed by atoms with van der Waals surface area (Å²) < 4.78 is 71.0. The van der Waals surface area contributed by atoms with Crippen molar-refractivity contribution in [3.8, 4) is 11.5 Å². The molecule has 0 radical (unpaired) electrons. The largest absolute Gasteiger partial charge is 0.496 e. The molecule has 0 spiro atoms. The number of hydrogen-bond donors (Lipinski definition) is 1. The molecule has 38 heavy (non-hydrogen) atoms. The van der Waals surface area contributed by atoms with Crippen LogP contribution in [0.25, 0.3) is 11.1 Å². The van der Waals surface area contributed by atoms with Gasteiger partial charge in [0.25, 0.3) is 0 Å². The minimum atomic E-state index is -4.42. The van der Waals surface area contributed by atoms with Crippen LogP contribution in [0.2, 0.25) is 0 Å². The van der Waals surface area contributed by atoms with E-state index >= 15 is 0 Å².